The number of β-lactam (4-membered cyclic amide) rings is 1. The molecule has 1 heterocycles. The number of rotatable bonds is 11. The zero-order chi connectivity index (χ0) is 28.1. The standard InChI is InChI=1S/C34H33F2NO3/c1-2-3-21-40-30-6-4-5-26(22-30)23-7-9-25(10-8-23)33-31(19-20-32(38)24-11-13-27(35)14-12-24)34(39)37(33)29-17-15-28(36)16-18-29/h4-18,22,31-33,38H,2-3,19-21H2,1H3/t31?,32-,33+/m0/s1. The first kappa shape index (κ1) is 27.5. The molecule has 0 aliphatic carbocycles. The van der Waals surface area contributed by atoms with Gasteiger partial charge in [0.25, 0.3) is 0 Å². The van der Waals surface area contributed by atoms with Crippen LogP contribution in [0.15, 0.2) is 97.1 Å². The Labute approximate surface area is 233 Å². The van der Waals surface area contributed by atoms with Gasteiger partial charge in [0.05, 0.1) is 24.7 Å². The van der Waals surface area contributed by atoms with Crippen LogP contribution in [0.1, 0.15) is 55.9 Å². The van der Waals surface area contributed by atoms with Gasteiger partial charge in [-0.05, 0) is 90.0 Å². The molecule has 6 heteroatoms. The molecular weight excluding hydrogens is 508 g/mol. The number of hydrogen-bond acceptors (Lipinski definition) is 3. The van der Waals surface area contributed by atoms with Gasteiger partial charge in [0.1, 0.15) is 17.4 Å². The quantitative estimate of drug-likeness (QED) is 0.154. The van der Waals surface area contributed by atoms with E-state index < -0.39 is 6.10 Å². The largest absolute Gasteiger partial charge is 0.494 e. The molecule has 1 aliphatic heterocycles. The molecule has 40 heavy (non-hydrogen) atoms. The third kappa shape index (κ3) is 6.07. The maximum atomic E-state index is 13.6. The van der Waals surface area contributed by atoms with E-state index in [1.807, 2.05) is 48.5 Å². The summed E-state index contributed by atoms with van der Waals surface area (Å²) in [4.78, 5) is 15.0. The van der Waals surface area contributed by atoms with Crippen molar-refractivity contribution in [1.82, 2.24) is 0 Å². The smallest absolute Gasteiger partial charge is 0.233 e. The third-order valence-electron chi connectivity index (χ3n) is 7.51. The van der Waals surface area contributed by atoms with Crippen molar-refractivity contribution in [2.45, 2.75) is 44.8 Å². The Hall–Kier alpha value is -4.03. The molecule has 206 valence electrons. The van der Waals surface area contributed by atoms with Gasteiger partial charge in [0.2, 0.25) is 5.91 Å². The number of hydrogen-bond donors (Lipinski definition) is 1. The molecule has 4 aromatic rings. The number of carbonyl (C=O) groups is 1. The van der Waals surface area contributed by atoms with Gasteiger partial charge >= 0.3 is 0 Å². The molecule has 1 unspecified atom stereocenters. The minimum Gasteiger partial charge on any atom is -0.494 e. The van der Waals surface area contributed by atoms with E-state index in [0.29, 0.717) is 30.7 Å². The molecule has 4 aromatic carbocycles. The fourth-order valence-corrected chi connectivity index (χ4v) is 5.26. The average Bonchev–Trinajstić information content (AvgIpc) is 2.97. The van der Waals surface area contributed by atoms with Gasteiger partial charge < -0.3 is 14.7 Å². The number of aliphatic hydroxyl groups is 1. The predicted molar refractivity (Wildman–Crippen MR) is 153 cm³/mol. The molecule has 0 bridgehead atoms. The summed E-state index contributed by atoms with van der Waals surface area (Å²) in [5.74, 6) is -0.302. The number of benzene rings is 4. The van der Waals surface area contributed by atoms with Crippen LogP contribution in [0.25, 0.3) is 11.1 Å². The summed E-state index contributed by atoms with van der Waals surface area (Å²) in [6.45, 7) is 2.82. The van der Waals surface area contributed by atoms with Crippen LogP contribution in [-0.2, 0) is 4.79 Å². The Bertz CT molecular complexity index is 1420. The number of ether oxygens (including phenoxy) is 1. The molecule has 4 nitrogen and oxygen atoms in total. The van der Waals surface area contributed by atoms with E-state index in [9.17, 15) is 18.7 Å². The fourth-order valence-electron chi connectivity index (χ4n) is 5.26. The van der Waals surface area contributed by atoms with E-state index in [4.69, 9.17) is 4.74 Å². The Morgan fingerprint density at radius 1 is 0.875 bits per heavy atom. The Morgan fingerprint density at radius 3 is 2.23 bits per heavy atom. The first-order valence-electron chi connectivity index (χ1n) is 13.8. The van der Waals surface area contributed by atoms with Crippen LogP contribution in [0, 0.1) is 17.6 Å². The second-order valence-electron chi connectivity index (χ2n) is 10.2. The number of nitrogens with zero attached hydrogens (tertiary/aromatic N) is 1. The SMILES string of the molecule is CCCCOc1cccc(-c2ccc([C@@H]3C(CC[C@H](O)c4ccc(F)cc4)C(=O)N3c3ccc(F)cc3)cc2)c1. The Kier molecular flexibility index (Phi) is 8.56. The van der Waals surface area contributed by atoms with Crippen molar-refractivity contribution in [3.63, 3.8) is 0 Å². The number of anilines is 1. The highest BCUT2D eigenvalue weighted by Crippen LogP contribution is 2.46. The molecule has 0 radical (unpaired) electrons. The van der Waals surface area contributed by atoms with E-state index in [1.165, 1.54) is 24.3 Å². The van der Waals surface area contributed by atoms with Gasteiger partial charge in [-0.15, -0.1) is 0 Å². The van der Waals surface area contributed by atoms with Crippen molar-refractivity contribution in [2.75, 3.05) is 11.5 Å². The van der Waals surface area contributed by atoms with Gasteiger partial charge in [0.15, 0.2) is 0 Å². The molecule has 5 rings (SSSR count). The average molecular weight is 542 g/mol. The first-order chi connectivity index (χ1) is 19.4. The molecule has 0 aromatic heterocycles. The van der Waals surface area contributed by atoms with Crippen LogP contribution in [0.3, 0.4) is 0 Å². The van der Waals surface area contributed by atoms with Crippen LogP contribution < -0.4 is 9.64 Å². The highest BCUT2D eigenvalue weighted by Gasteiger charge is 2.48. The molecule has 0 saturated carbocycles. The molecule has 1 aliphatic rings. The predicted octanol–water partition coefficient (Wildman–Crippen LogP) is 8.03. The summed E-state index contributed by atoms with van der Waals surface area (Å²) in [6.07, 6.45) is 2.10. The molecule has 1 N–H and O–H groups in total. The molecule has 0 spiro atoms. The molecule has 1 saturated heterocycles. The van der Waals surface area contributed by atoms with Crippen molar-refractivity contribution in [1.29, 1.82) is 0 Å². The zero-order valence-corrected chi connectivity index (χ0v) is 22.5. The van der Waals surface area contributed by atoms with E-state index in [2.05, 4.69) is 6.92 Å². The summed E-state index contributed by atoms with van der Waals surface area (Å²) >= 11 is 0. The van der Waals surface area contributed by atoms with Crippen LogP contribution >= 0.6 is 0 Å². The van der Waals surface area contributed by atoms with Gasteiger partial charge in [-0.3, -0.25) is 4.79 Å². The first-order valence-corrected chi connectivity index (χ1v) is 13.8. The molecule has 1 fully saturated rings. The Morgan fingerprint density at radius 2 is 1.55 bits per heavy atom. The molecular formula is C34H33F2NO3. The van der Waals surface area contributed by atoms with Gasteiger partial charge in [-0.1, -0.05) is 61.9 Å². The molecule has 1 amide bonds. The number of amides is 1. The lowest BCUT2D eigenvalue weighted by Crippen LogP contribution is -2.55. The summed E-state index contributed by atoms with van der Waals surface area (Å²) in [7, 11) is 0. The van der Waals surface area contributed by atoms with Crippen LogP contribution in [0.5, 0.6) is 5.75 Å². The van der Waals surface area contributed by atoms with E-state index >= 15 is 0 Å². The van der Waals surface area contributed by atoms with Crippen LogP contribution in [0.4, 0.5) is 14.5 Å². The maximum absolute atomic E-state index is 13.6. The summed E-state index contributed by atoms with van der Waals surface area (Å²) in [6, 6.07) is 27.6. The van der Waals surface area contributed by atoms with Crippen molar-refractivity contribution >= 4 is 11.6 Å². The second kappa shape index (κ2) is 12.4. The molecule has 3 atom stereocenters. The number of unbranched alkanes of at least 4 members (excludes halogenated alkanes) is 1. The van der Waals surface area contributed by atoms with Gasteiger partial charge in [-0.2, -0.15) is 0 Å². The third-order valence-corrected chi connectivity index (χ3v) is 7.51. The number of halogens is 2. The highest BCUT2D eigenvalue weighted by molar-refractivity contribution is 6.03. The zero-order valence-electron chi connectivity index (χ0n) is 22.5. The van der Waals surface area contributed by atoms with Crippen LogP contribution in [0.2, 0.25) is 0 Å². The van der Waals surface area contributed by atoms with Crippen molar-refractivity contribution in [3.05, 3.63) is 120 Å². The topological polar surface area (TPSA) is 49.8 Å². The number of carbonyl (C=O) groups excluding carboxylic acids is 1. The lowest BCUT2D eigenvalue weighted by molar-refractivity contribution is -0.131. The summed E-state index contributed by atoms with van der Waals surface area (Å²) in [5, 5.41) is 10.7. The van der Waals surface area contributed by atoms with Gasteiger partial charge in [0, 0.05) is 5.69 Å². The van der Waals surface area contributed by atoms with Crippen molar-refractivity contribution in [2.24, 2.45) is 5.92 Å². The Balaban J connectivity index is 1.36. The summed E-state index contributed by atoms with van der Waals surface area (Å²) < 4.78 is 32.8. The monoisotopic (exact) mass is 541 g/mol. The van der Waals surface area contributed by atoms with E-state index in [1.54, 1.807) is 29.2 Å². The summed E-state index contributed by atoms with van der Waals surface area (Å²) in [5.41, 5.74) is 4.29. The minimum atomic E-state index is -0.803. The number of aliphatic hydroxyl groups excluding tert-OH is 1. The highest BCUT2D eigenvalue weighted by atomic mass is 19.1. The van der Waals surface area contributed by atoms with E-state index in [-0.39, 0.29) is 29.5 Å². The normalized spacial score (nSPS) is 17.4. The lowest BCUT2D eigenvalue weighted by Gasteiger charge is -2.48. The second-order valence-corrected chi connectivity index (χ2v) is 10.2. The van der Waals surface area contributed by atoms with E-state index in [0.717, 1.165) is 35.3 Å². The maximum Gasteiger partial charge on any atom is 0.233 e. The van der Waals surface area contributed by atoms with Crippen LogP contribution in [-0.4, -0.2) is 17.6 Å². The lowest BCUT2D eigenvalue weighted by atomic mass is 9.78. The minimum absolute atomic E-state index is 0.0658. The van der Waals surface area contributed by atoms with Crippen molar-refractivity contribution in [3.8, 4) is 16.9 Å². The fraction of sp³-hybridized carbons (Fsp3) is 0.265. The van der Waals surface area contributed by atoms with Crippen molar-refractivity contribution < 1.29 is 23.4 Å². The van der Waals surface area contributed by atoms with Gasteiger partial charge in [-0.25, -0.2) is 8.78 Å².